The number of hydrogen-bond donors (Lipinski definition) is 0. The molecular formula is C15H19FO3. The van der Waals surface area contributed by atoms with Gasteiger partial charge in [0.2, 0.25) is 0 Å². The summed E-state index contributed by atoms with van der Waals surface area (Å²) in [6, 6.07) is 6.18. The molecular weight excluding hydrogens is 247 g/mol. The molecule has 1 spiro atoms. The Morgan fingerprint density at radius 1 is 1.11 bits per heavy atom. The third-order valence-electron chi connectivity index (χ3n) is 3.98. The van der Waals surface area contributed by atoms with Crippen molar-refractivity contribution in [3.05, 3.63) is 30.1 Å². The summed E-state index contributed by atoms with van der Waals surface area (Å²) in [5, 5.41) is 0. The van der Waals surface area contributed by atoms with Crippen molar-refractivity contribution in [3.63, 3.8) is 0 Å². The average Bonchev–Trinajstić information content (AvgIpc) is 2.89. The molecule has 1 aliphatic heterocycles. The molecule has 0 bridgehead atoms. The van der Waals surface area contributed by atoms with Crippen LogP contribution in [0, 0.1) is 11.7 Å². The van der Waals surface area contributed by atoms with Crippen molar-refractivity contribution in [2.45, 2.75) is 31.5 Å². The summed E-state index contributed by atoms with van der Waals surface area (Å²) in [5.74, 6) is 0.729. The van der Waals surface area contributed by atoms with Crippen LogP contribution in [0.15, 0.2) is 24.3 Å². The topological polar surface area (TPSA) is 27.7 Å². The fourth-order valence-electron chi connectivity index (χ4n) is 2.81. The van der Waals surface area contributed by atoms with E-state index in [1.807, 2.05) is 0 Å². The van der Waals surface area contributed by atoms with Gasteiger partial charge in [-0.3, -0.25) is 0 Å². The first-order valence-corrected chi connectivity index (χ1v) is 6.92. The lowest BCUT2D eigenvalue weighted by Crippen LogP contribution is -2.36. The molecule has 1 saturated heterocycles. The van der Waals surface area contributed by atoms with Crippen LogP contribution in [-0.2, 0) is 9.47 Å². The van der Waals surface area contributed by atoms with Gasteiger partial charge in [0.1, 0.15) is 11.6 Å². The van der Waals surface area contributed by atoms with Crippen LogP contribution in [0.1, 0.15) is 25.7 Å². The molecule has 0 aromatic heterocycles. The standard InChI is InChI=1S/C15H19FO3/c16-13-1-3-14(4-2-13)17-11-12-5-7-15(8-6-12)18-9-10-19-15/h1-4,12H,5-11H2. The van der Waals surface area contributed by atoms with Crippen LogP contribution in [0.3, 0.4) is 0 Å². The van der Waals surface area contributed by atoms with E-state index in [0.29, 0.717) is 12.5 Å². The monoisotopic (exact) mass is 266 g/mol. The quantitative estimate of drug-likeness (QED) is 0.841. The van der Waals surface area contributed by atoms with Gasteiger partial charge in [-0.25, -0.2) is 4.39 Å². The second kappa shape index (κ2) is 5.47. The molecule has 3 rings (SSSR count). The molecule has 1 aromatic carbocycles. The van der Waals surface area contributed by atoms with Crippen LogP contribution in [0.5, 0.6) is 5.75 Å². The largest absolute Gasteiger partial charge is 0.493 e. The molecule has 1 aromatic rings. The summed E-state index contributed by atoms with van der Waals surface area (Å²) >= 11 is 0. The molecule has 3 nitrogen and oxygen atoms in total. The van der Waals surface area contributed by atoms with E-state index in [9.17, 15) is 4.39 Å². The van der Waals surface area contributed by atoms with Crippen LogP contribution in [0.2, 0.25) is 0 Å². The molecule has 4 heteroatoms. The first-order valence-electron chi connectivity index (χ1n) is 6.92. The summed E-state index contributed by atoms with van der Waals surface area (Å²) in [5.41, 5.74) is 0. The van der Waals surface area contributed by atoms with Crippen molar-refractivity contribution in [2.24, 2.45) is 5.92 Å². The summed E-state index contributed by atoms with van der Waals surface area (Å²) in [7, 11) is 0. The zero-order chi connectivity index (χ0) is 13.1. The Kier molecular flexibility index (Phi) is 3.71. The maximum absolute atomic E-state index is 12.8. The smallest absolute Gasteiger partial charge is 0.168 e. The van der Waals surface area contributed by atoms with Crippen molar-refractivity contribution in [3.8, 4) is 5.75 Å². The van der Waals surface area contributed by atoms with E-state index in [0.717, 1.165) is 44.6 Å². The van der Waals surface area contributed by atoms with Gasteiger partial charge in [-0.2, -0.15) is 0 Å². The molecule has 0 radical (unpaired) electrons. The van der Waals surface area contributed by atoms with Gasteiger partial charge in [0, 0.05) is 12.8 Å². The van der Waals surface area contributed by atoms with Crippen LogP contribution < -0.4 is 4.74 Å². The Balaban J connectivity index is 1.46. The van der Waals surface area contributed by atoms with Crippen molar-refractivity contribution in [1.29, 1.82) is 0 Å². The number of benzene rings is 1. The summed E-state index contributed by atoms with van der Waals surface area (Å²) in [6.07, 6.45) is 4.01. The normalized spacial score (nSPS) is 22.8. The second-order valence-corrected chi connectivity index (χ2v) is 5.32. The van der Waals surface area contributed by atoms with E-state index >= 15 is 0 Å². The zero-order valence-corrected chi connectivity index (χ0v) is 10.9. The lowest BCUT2D eigenvalue weighted by atomic mass is 9.85. The first-order chi connectivity index (χ1) is 9.26. The van der Waals surface area contributed by atoms with E-state index in [-0.39, 0.29) is 11.6 Å². The van der Waals surface area contributed by atoms with E-state index < -0.39 is 0 Å². The fourth-order valence-corrected chi connectivity index (χ4v) is 2.81. The van der Waals surface area contributed by atoms with Gasteiger partial charge < -0.3 is 14.2 Å². The highest BCUT2D eigenvalue weighted by molar-refractivity contribution is 5.22. The lowest BCUT2D eigenvalue weighted by Gasteiger charge is -2.35. The molecule has 0 atom stereocenters. The second-order valence-electron chi connectivity index (χ2n) is 5.32. The highest BCUT2D eigenvalue weighted by atomic mass is 19.1. The van der Waals surface area contributed by atoms with Gasteiger partial charge in [-0.15, -0.1) is 0 Å². The molecule has 104 valence electrons. The van der Waals surface area contributed by atoms with Crippen LogP contribution in [0.25, 0.3) is 0 Å². The fraction of sp³-hybridized carbons (Fsp3) is 0.600. The summed E-state index contributed by atoms with van der Waals surface area (Å²) in [4.78, 5) is 0. The van der Waals surface area contributed by atoms with Crippen LogP contribution >= 0.6 is 0 Å². The Morgan fingerprint density at radius 3 is 2.37 bits per heavy atom. The zero-order valence-electron chi connectivity index (χ0n) is 10.9. The highest BCUT2D eigenvalue weighted by Crippen LogP contribution is 2.38. The SMILES string of the molecule is Fc1ccc(OCC2CCC3(CC2)OCCO3)cc1. The molecule has 0 amide bonds. The van der Waals surface area contributed by atoms with Gasteiger partial charge in [0.25, 0.3) is 0 Å². The molecule has 1 heterocycles. The maximum Gasteiger partial charge on any atom is 0.168 e. The predicted molar refractivity (Wildman–Crippen MR) is 68.5 cm³/mol. The van der Waals surface area contributed by atoms with E-state index in [4.69, 9.17) is 14.2 Å². The predicted octanol–water partition coefficient (Wildman–Crippen LogP) is 3.14. The molecule has 19 heavy (non-hydrogen) atoms. The minimum absolute atomic E-state index is 0.234. The minimum atomic E-state index is -0.299. The maximum atomic E-state index is 12.8. The number of hydrogen-bond acceptors (Lipinski definition) is 3. The van der Waals surface area contributed by atoms with Crippen molar-refractivity contribution in [2.75, 3.05) is 19.8 Å². The van der Waals surface area contributed by atoms with Crippen molar-refractivity contribution in [1.82, 2.24) is 0 Å². The Labute approximate surface area is 112 Å². The third-order valence-corrected chi connectivity index (χ3v) is 3.98. The van der Waals surface area contributed by atoms with Crippen molar-refractivity contribution < 1.29 is 18.6 Å². The minimum Gasteiger partial charge on any atom is -0.493 e. The molecule has 2 fully saturated rings. The Hall–Kier alpha value is -1.13. The molecule has 0 unspecified atom stereocenters. The van der Waals surface area contributed by atoms with Crippen molar-refractivity contribution >= 4 is 0 Å². The van der Waals surface area contributed by atoms with Gasteiger partial charge in [-0.05, 0) is 43.0 Å². The highest BCUT2D eigenvalue weighted by Gasteiger charge is 2.40. The summed E-state index contributed by atoms with van der Waals surface area (Å²) in [6.45, 7) is 2.12. The number of ether oxygens (including phenoxy) is 3. The van der Waals surface area contributed by atoms with Gasteiger partial charge in [0.05, 0.1) is 19.8 Å². The van der Waals surface area contributed by atoms with E-state index in [2.05, 4.69) is 0 Å². The molecule has 1 aliphatic carbocycles. The molecule has 1 saturated carbocycles. The Morgan fingerprint density at radius 2 is 1.74 bits per heavy atom. The van der Waals surface area contributed by atoms with Crippen LogP contribution in [-0.4, -0.2) is 25.6 Å². The van der Waals surface area contributed by atoms with Gasteiger partial charge in [-0.1, -0.05) is 0 Å². The van der Waals surface area contributed by atoms with E-state index in [1.165, 1.54) is 12.1 Å². The third kappa shape index (κ3) is 3.07. The van der Waals surface area contributed by atoms with Gasteiger partial charge in [0.15, 0.2) is 5.79 Å². The van der Waals surface area contributed by atoms with Gasteiger partial charge >= 0.3 is 0 Å². The van der Waals surface area contributed by atoms with E-state index in [1.54, 1.807) is 12.1 Å². The number of rotatable bonds is 3. The average molecular weight is 266 g/mol. The molecule has 2 aliphatic rings. The Bertz CT molecular complexity index is 402. The number of halogens is 1. The molecule has 0 N–H and O–H groups in total. The summed E-state index contributed by atoms with van der Waals surface area (Å²) < 4.78 is 29.9. The first kappa shape index (κ1) is 12.9. The lowest BCUT2D eigenvalue weighted by molar-refractivity contribution is -0.183. The van der Waals surface area contributed by atoms with Crippen LogP contribution in [0.4, 0.5) is 4.39 Å².